The minimum atomic E-state index is -0.324. The Morgan fingerprint density at radius 3 is 2.72 bits per heavy atom. The third kappa shape index (κ3) is 3.68. The number of benzene rings is 1. The van der Waals surface area contributed by atoms with Crippen LogP contribution in [0.2, 0.25) is 0 Å². The Hall–Kier alpha value is -1.13. The van der Waals surface area contributed by atoms with Crippen LogP contribution in [0.3, 0.4) is 0 Å². The second-order valence-electron chi connectivity index (χ2n) is 4.67. The van der Waals surface area contributed by atoms with Crippen molar-refractivity contribution in [3.05, 3.63) is 29.6 Å². The van der Waals surface area contributed by atoms with Crippen LogP contribution in [0.25, 0.3) is 0 Å². The van der Waals surface area contributed by atoms with Crippen LogP contribution < -0.4 is 10.1 Å². The van der Waals surface area contributed by atoms with E-state index in [0.29, 0.717) is 18.5 Å². The van der Waals surface area contributed by atoms with Crippen molar-refractivity contribution >= 4 is 0 Å². The number of methoxy groups -OCH3 is 1. The zero-order valence-corrected chi connectivity index (χ0v) is 11.3. The Morgan fingerprint density at radius 2 is 2.17 bits per heavy atom. The number of hydrogen-bond donors (Lipinski definition) is 2. The fourth-order valence-corrected chi connectivity index (χ4v) is 1.80. The SMILES string of the molecule is CCC(C)(CCO)NCc1cccc(OC)c1F. The number of hydrogen-bond acceptors (Lipinski definition) is 3. The van der Waals surface area contributed by atoms with E-state index in [9.17, 15) is 4.39 Å². The molecule has 4 heteroatoms. The summed E-state index contributed by atoms with van der Waals surface area (Å²) in [5, 5.41) is 12.3. The number of aliphatic hydroxyl groups excluding tert-OH is 1. The van der Waals surface area contributed by atoms with Crippen LogP contribution in [0.1, 0.15) is 32.3 Å². The number of nitrogens with one attached hydrogen (secondary N) is 1. The molecular weight excluding hydrogens is 233 g/mol. The number of halogens is 1. The van der Waals surface area contributed by atoms with Gasteiger partial charge in [-0.05, 0) is 25.8 Å². The molecule has 0 aromatic heterocycles. The molecule has 1 rings (SSSR count). The van der Waals surface area contributed by atoms with Crippen LogP contribution >= 0.6 is 0 Å². The van der Waals surface area contributed by atoms with Crippen molar-refractivity contribution in [3.63, 3.8) is 0 Å². The smallest absolute Gasteiger partial charge is 0.169 e. The molecule has 0 amide bonds. The number of rotatable bonds is 7. The Labute approximate surface area is 108 Å². The van der Waals surface area contributed by atoms with Crippen molar-refractivity contribution in [2.45, 2.75) is 38.8 Å². The van der Waals surface area contributed by atoms with Gasteiger partial charge in [-0.1, -0.05) is 19.1 Å². The standard InChI is InChI=1S/C14H22FNO2/c1-4-14(2,8-9-17)16-10-11-6-5-7-12(18-3)13(11)15/h5-7,16-17H,4,8-10H2,1-3H3. The molecule has 0 aliphatic heterocycles. The van der Waals surface area contributed by atoms with E-state index in [1.54, 1.807) is 18.2 Å². The fourth-order valence-electron chi connectivity index (χ4n) is 1.80. The van der Waals surface area contributed by atoms with Gasteiger partial charge in [-0.15, -0.1) is 0 Å². The average molecular weight is 255 g/mol. The molecule has 102 valence electrons. The molecule has 0 radical (unpaired) electrons. The highest BCUT2D eigenvalue weighted by Crippen LogP contribution is 2.21. The minimum absolute atomic E-state index is 0.123. The molecule has 18 heavy (non-hydrogen) atoms. The van der Waals surface area contributed by atoms with Gasteiger partial charge in [0.15, 0.2) is 11.6 Å². The third-order valence-electron chi connectivity index (χ3n) is 3.41. The first-order valence-corrected chi connectivity index (χ1v) is 6.23. The Balaban J connectivity index is 2.73. The van der Waals surface area contributed by atoms with Crippen molar-refractivity contribution < 1.29 is 14.2 Å². The summed E-state index contributed by atoms with van der Waals surface area (Å²) < 4.78 is 18.9. The molecule has 0 fully saturated rings. The Morgan fingerprint density at radius 1 is 1.44 bits per heavy atom. The molecule has 3 nitrogen and oxygen atoms in total. The quantitative estimate of drug-likeness (QED) is 0.786. The molecule has 1 aromatic carbocycles. The van der Waals surface area contributed by atoms with Gasteiger partial charge in [0, 0.05) is 24.3 Å². The van der Waals surface area contributed by atoms with E-state index in [0.717, 1.165) is 6.42 Å². The van der Waals surface area contributed by atoms with Gasteiger partial charge in [0.1, 0.15) is 0 Å². The Kier molecular flexibility index (Phi) is 5.56. The van der Waals surface area contributed by atoms with Gasteiger partial charge in [0.25, 0.3) is 0 Å². The predicted octanol–water partition coefficient (Wildman–Crippen LogP) is 2.48. The van der Waals surface area contributed by atoms with E-state index in [2.05, 4.69) is 5.32 Å². The monoisotopic (exact) mass is 255 g/mol. The molecule has 0 bridgehead atoms. The molecule has 0 saturated carbocycles. The lowest BCUT2D eigenvalue weighted by molar-refractivity contribution is 0.214. The van der Waals surface area contributed by atoms with Crippen molar-refractivity contribution in [3.8, 4) is 5.75 Å². The average Bonchev–Trinajstić information content (AvgIpc) is 2.38. The third-order valence-corrected chi connectivity index (χ3v) is 3.41. The second kappa shape index (κ2) is 6.71. The molecule has 2 N–H and O–H groups in total. The molecular formula is C14H22FNO2. The zero-order chi connectivity index (χ0) is 13.6. The second-order valence-corrected chi connectivity index (χ2v) is 4.67. The highest BCUT2D eigenvalue weighted by molar-refractivity contribution is 5.31. The van der Waals surface area contributed by atoms with Crippen LogP contribution in [-0.4, -0.2) is 24.4 Å². The van der Waals surface area contributed by atoms with E-state index in [4.69, 9.17) is 9.84 Å². The zero-order valence-electron chi connectivity index (χ0n) is 11.3. The van der Waals surface area contributed by atoms with E-state index >= 15 is 0 Å². The normalized spacial score (nSPS) is 14.3. The van der Waals surface area contributed by atoms with Gasteiger partial charge in [-0.2, -0.15) is 0 Å². The topological polar surface area (TPSA) is 41.5 Å². The lowest BCUT2D eigenvalue weighted by Gasteiger charge is -2.29. The number of ether oxygens (including phenoxy) is 1. The maximum Gasteiger partial charge on any atom is 0.169 e. The van der Waals surface area contributed by atoms with Gasteiger partial charge in [0.05, 0.1) is 7.11 Å². The minimum Gasteiger partial charge on any atom is -0.494 e. The van der Waals surface area contributed by atoms with Crippen molar-refractivity contribution in [1.82, 2.24) is 5.32 Å². The molecule has 0 aliphatic carbocycles. The molecule has 1 aromatic rings. The van der Waals surface area contributed by atoms with E-state index in [-0.39, 0.29) is 23.7 Å². The highest BCUT2D eigenvalue weighted by atomic mass is 19.1. The van der Waals surface area contributed by atoms with Gasteiger partial charge in [-0.25, -0.2) is 4.39 Å². The lowest BCUT2D eigenvalue weighted by Crippen LogP contribution is -2.42. The van der Waals surface area contributed by atoms with Crippen molar-refractivity contribution in [2.75, 3.05) is 13.7 Å². The van der Waals surface area contributed by atoms with Crippen LogP contribution in [0.15, 0.2) is 18.2 Å². The highest BCUT2D eigenvalue weighted by Gasteiger charge is 2.21. The fraction of sp³-hybridized carbons (Fsp3) is 0.571. The summed E-state index contributed by atoms with van der Waals surface area (Å²) in [6.07, 6.45) is 1.52. The van der Waals surface area contributed by atoms with Gasteiger partial charge in [-0.3, -0.25) is 0 Å². The molecule has 1 unspecified atom stereocenters. The van der Waals surface area contributed by atoms with E-state index < -0.39 is 0 Å². The van der Waals surface area contributed by atoms with Crippen molar-refractivity contribution in [1.29, 1.82) is 0 Å². The summed E-state index contributed by atoms with van der Waals surface area (Å²) in [5.74, 6) is -0.0652. The van der Waals surface area contributed by atoms with Crippen LogP contribution in [0.5, 0.6) is 5.75 Å². The maximum atomic E-state index is 13.9. The Bertz CT molecular complexity index is 384. The molecule has 1 atom stereocenters. The van der Waals surface area contributed by atoms with E-state index in [1.165, 1.54) is 7.11 Å². The van der Waals surface area contributed by atoms with Gasteiger partial charge in [0.2, 0.25) is 0 Å². The first-order valence-electron chi connectivity index (χ1n) is 6.23. The van der Waals surface area contributed by atoms with Crippen LogP contribution in [-0.2, 0) is 6.54 Å². The summed E-state index contributed by atoms with van der Waals surface area (Å²) in [4.78, 5) is 0. The van der Waals surface area contributed by atoms with Crippen LogP contribution in [0, 0.1) is 5.82 Å². The largest absolute Gasteiger partial charge is 0.494 e. The lowest BCUT2D eigenvalue weighted by atomic mass is 9.94. The maximum absolute atomic E-state index is 13.9. The summed E-state index contributed by atoms with van der Waals surface area (Å²) in [6.45, 7) is 4.62. The van der Waals surface area contributed by atoms with E-state index in [1.807, 2.05) is 13.8 Å². The van der Waals surface area contributed by atoms with Gasteiger partial charge >= 0.3 is 0 Å². The number of aliphatic hydroxyl groups is 1. The summed E-state index contributed by atoms with van der Waals surface area (Å²) >= 11 is 0. The van der Waals surface area contributed by atoms with Crippen LogP contribution in [0.4, 0.5) is 4.39 Å². The van der Waals surface area contributed by atoms with Crippen molar-refractivity contribution in [2.24, 2.45) is 0 Å². The van der Waals surface area contributed by atoms with Gasteiger partial charge < -0.3 is 15.2 Å². The summed E-state index contributed by atoms with van der Waals surface area (Å²) in [6, 6.07) is 5.11. The first-order chi connectivity index (χ1) is 8.56. The summed E-state index contributed by atoms with van der Waals surface area (Å²) in [5.41, 5.74) is 0.400. The predicted molar refractivity (Wildman–Crippen MR) is 70.2 cm³/mol. The molecule has 0 spiro atoms. The first kappa shape index (κ1) is 14.9. The molecule has 0 aliphatic rings. The summed E-state index contributed by atoms with van der Waals surface area (Å²) in [7, 11) is 1.46. The molecule has 0 heterocycles. The molecule has 0 saturated heterocycles.